The van der Waals surface area contributed by atoms with Crippen LogP contribution in [0.4, 0.5) is 0 Å². The van der Waals surface area contributed by atoms with Gasteiger partial charge in [-0.25, -0.2) is 0 Å². The van der Waals surface area contributed by atoms with Crippen LogP contribution in [0.1, 0.15) is 35.2 Å². The third kappa shape index (κ3) is 1.45. The predicted molar refractivity (Wildman–Crippen MR) is 57.1 cm³/mol. The highest BCUT2D eigenvalue weighted by molar-refractivity contribution is 5.39. The van der Waals surface area contributed by atoms with Crippen LogP contribution in [0.5, 0.6) is 0 Å². The average Bonchev–Trinajstić information content (AvgIpc) is 2.15. The van der Waals surface area contributed by atoms with E-state index in [4.69, 9.17) is 10.5 Å². The van der Waals surface area contributed by atoms with E-state index in [1.807, 2.05) is 6.92 Å². The number of benzene rings is 1. The van der Waals surface area contributed by atoms with Gasteiger partial charge in [0.2, 0.25) is 0 Å². The molecule has 2 rings (SSSR count). The predicted octanol–water partition coefficient (Wildman–Crippen LogP) is 2.22. The fourth-order valence-corrected chi connectivity index (χ4v) is 1.91. The molecule has 1 aromatic carbocycles. The summed E-state index contributed by atoms with van der Waals surface area (Å²) in [4.78, 5) is 0. The van der Waals surface area contributed by atoms with Gasteiger partial charge in [0.05, 0.1) is 18.8 Å². The molecule has 76 valence electrons. The van der Waals surface area contributed by atoms with Gasteiger partial charge in [0.15, 0.2) is 0 Å². The summed E-state index contributed by atoms with van der Waals surface area (Å²) in [5.74, 6) is 0. The lowest BCUT2D eigenvalue weighted by Crippen LogP contribution is -2.31. The van der Waals surface area contributed by atoms with E-state index in [0.29, 0.717) is 6.61 Å². The van der Waals surface area contributed by atoms with Crippen LogP contribution in [-0.2, 0) is 11.3 Å². The molecule has 1 aliphatic heterocycles. The fourth-order valence-electron chi connectivity index (χ4n) is 1.91. The highest BCUT2D eigenvalue weighted by Gasteiger charge is 2.24. The normalized spacial score (nSPS) is 26.0. The SMILES string of the molecule is Cc1cc2c(cc1C)C(N)[C@@H](C)OC2. The molecule has 2 atom stereocenters. The molecule has 0 fully saturated rings. The fraction of sp³-hybridized carbons (Fsp3) is 0.500. The molecule has 0 aromatic heterocycles. The molecular weight excluding hydrogens is 174 g/mol. The first-order chi connectivity index (χ1) is 6.59. The first-order valence-electron chi connectivity index (χ1n) is 5.07. The molecular formula is C12H17NO. The van der Waals surface area contributed by atoms with Crippen LogP contribution in [-0.4, -0.2) is 6.10 Å². The number of nitrogens with two attached hydrogens (primary N) is 1. The lowest BCUT2D eigenvalue weighted by atomic mass is 9.91. The maximum Gasteiger partial charge on any atom is 0.0744 e. The van der Waals surface area contributed by atoms with Crippen LogP contribution < -0.4 is 5.73 Å². The van der Waals surface area contributed by atoms with E-state index in [1.54, 1.807) is 0 Å². The molecule has 2 nitrogen and oxygen atoms in total. The third-order valence-electron chi connectivity index (χ3n) is 3.12. The van der Waals surface area contributed by atoms with Gasteiger partial charge < -0.3 is 10.5 Å². The molecule has 1 aromatic rings. The van der Waals surface area contributed by atoms with Gasteiger partial charge in [-0.05, 0) is 43.0 Å². The molecule has 0 aliphatic carbocycles. The minimum Gasteiger partial charge on any atom is -0.372 e. The topological polar surface area (TPSA) is 35.2 Å². The van der Waals surface area contributed by atoms with Gasteiger partial charge in [0.1, 0.15) is 0 Å². The minimum absolute atomic E-state index is 0.0260. The van der Waals surface area contributed by atoms with Crippen LogP contribution in [0.2, 0.25) is 0 Å². The van der Waals surface area contributed by atoms with Crippen LogP contribution in [0, 0.1) is 13.8 Å². The number of ether oxygens (including phenoxy) is 1. The van der Waals surface area contributed by atoms with Crippen molar-refractivity contribution in [3.05, 3.63) is 34.4 Å². The van der Waals surface area contributed by atoms with Crippen LogP contribution in [0.3, 0.4) is 0 Å². The molecule has 0 amide bonds. The molecule has 0 spiro atoms. The van der Waals surface area contributed by atoms with Crippen LogP contribution in [0.15, 0.2) is 12.1 Å². The van der Waals surface area contributed by atoms with E-state index in [0.717, 1.165) is 0 Å². The molecule has 1 heterocycles. The molecule has 0 saturated heterocycles. The second-order valence-corrected chi connectivity index (χ2v) is 4.18. The summed E-state index contributed by atoms with van der Waals surface area (Å²) in [5, 5.41) is 0. The van der Waals surface area contributed by atoms with Crippen molar-refractivity contribution in [1.82, 2.24) is 0 Å². The quantitative estimate of drug-likeness (QED) is 0.682. The zero-order chi connectivity index (χ0) is 10.3. The van der Waals surface area contributed by atoms with Gasteiger partial charge in [-0.15, -0.1) is 0 Å². The smallest absolute Gasteiger partial charge is 0.0744 e. The standard InChI is InChI=1S/C12H17NO/c1-7-4-10-6-14-9(3)12(13)11(10)5-8(7)2/h4-5,9,12H,6,13H2,1-3H3/t9-,12?/m1/s1. The Kier molecular flexibility index (Phi) is 2.33. The lowest BCUT2D eigenvalue weighted by molar-refractivity contribution is 0.0213. The maximum atomic E-state index is 6.08. The number of aryl methyl sites for hydroxylation is 2. The summed E-state index contributed by atoms with van der Waals surface area (Å²) >= 11 is 0. The molecule has 2 heteroatoms. The summed E-state index contributed by atoms with van der Waals surface area (Å²) in [6, 6.07) is 4.42. The van der Waals surface area contributed by atoms with Crippen molar-refractivity contribution in [2.75, 3.05) is 0 Å². The van der Waals surface area contributed by atoms with Crippen molar-refractivity contribution in [2.24, 2.45) is 5.73 Å². The Morgan fingerprint density at radius 3 is 2.64 bits per heavy atom. The molecule has 0 saturated carbocycles. The second kappa shape index (κ2) is 3.37. The molecule has 1 unspecified atom stereocenters. The Labute approximate surface area is 85.1 Å². The number of fused-ring (bicyclic) bond motifs is 1. The van der Waals surface area contributed by atoms with E-state index in [9.17, 15) is 0 Å². The maximum absolute atomic E-state index is 6.08. The summed E-state index contributed by atoms with van der Waals surface area (Å²) in [6.07, 6.45) is 0.129. The van der Waals surface area contributed by atoms with Gasteiger partial charge in [0.25, 0.3) is 0 Å². The average molecular weight is 191 g/mol. The minimum atomic E-state index is 0.0260. The Morgan fingerprint density at radius 1 is 1.29 bits per heavy atom. The monoisotopic (exact) mass is 191 g/mol. The second-order valence-electron chi connectivity index (χ2n) is 4.18. The molecule has 14 heavy (non-hydrogen) atoms. The van der Waals surface area contributed by atoms with Gasteiger partial charge in [-0.2, -0.15) is 0 Å². The third-order valence-corrected chi connectivity index (χ3v) is 3.12. The van der Waals surface area contributed by atoms with Crippen molar-refractivity contribution < 1.29 is 4.74 Å². The Morgan fingerprint density at radius 2 is 1.93 bits per heavy atom. The van der Waals surface area contributed by atoms with Gasteiger partial charge in [-0.1, -0.05) is 12.1 Å². The van der Waals surface area contributed by atoms with Crippen molar-refractivity contribution in [1.29, 1.82) is 0 Å². The largest absolute Gasteiger partial charge is 0.372 e. The summed E-state index contributed by atoms with van der Waals surface area (Å²) in [5.41, 5.74) is 11.2. The molecule has 1 aliphatic rings. The van der Waals surface area contributed by atoms with E-state index in [2.05, 4.69) is 26.0 Å². The summed E-state index contributed by atoms with van der Waals surface area (Å²) < 4.78 is 5.59. The van der Waals surface area contributed by atoms with Crippen LogP contribution >= 0.6 is 0 Å². The lowest BCUT2D eigenvalue weighted by Gasteiger charge is -2.29. The Bertz CT molecular complexity index is 360. The van der Waals surface area contributed by atoms with E-state index < -0.39 is 0 Å². The molecule has 0 bridgehead atoms. The van der Waals surface area contributed by atoms with E-state index >= 15 is 0 Å². The summed E-state index contributed by atoms with van der Waals surface area (Å²) in [7, 11) is 0. The van der Waals surface area contributed by atoms with Gasteiger partial charge in [0, 0.05) is 0 Å². The van der Waals surface area contributed by atoms with Crippen molar-refractivity contribution >= 4 is 0 Å². The highest BCUT2D eigenvalue weighted by atomic mass is 16.5. The highest BCUT2D eigenvalue weighted by Crippen LogP contribution is 2.29. The van der Waals surface area contributed by atoms with Crippen molar-refractivity contribution in [3.8, 4) is 0 Å². The first-order valence-corrected chi connectivity index (χ1v) is 5.07. The zero-order valence-electron chi connectivity index (χ0n) is 9.00. The van der Waals surface area contributed by atoms with Crippen molar-refractivity contribution in [2.45, 2.75) is 39.5 Å². The Hall–Kier alpha value is -0.860. The molecule has 0 radical (unpaired) electrons. The van der Waals surface area contributed by atoms with E-state index in [-0.39, 0.29) is 12.1 Å². The Balaban J connectivity index is 2.50. The number of rotatable bonds is 0. The van der Waals surface area contributed by atoms with Gasteiger partial charge >= 0.3 is 0 Å². The first kappa shape index (κ1) is 9.69. The van der Waals surface area contributed by atoms with Gasteiger partial charge in [-0.3, -0.25) is 0 Å². The number of hydrogen-bond donors (Lipinski definition) is 1. The van der Waals surface area contributed by atoms with Crippen LogP contribution in [0.25, 0.3) is 0 Å². The molecule has 2 N–H and O–H groups in total. The zero-order valence-corrected chi connectivity index (χ0v) is 9.00. The number of hydrogen-bond acceptors (Lipinski definition) is 2. The van der Waals surface area contributed by atoms with Crippen molar-refractivity contribution in [3.63, 3.8) is 0 Å². The van der Waals surface area contributed by atoms with E-state index in [1.165, 1.54) is 22.3 Å². The summed E-state index contributed by atoms with van der Waals surface area (Å²) in [6.45, 7) is 6.98.